The molecule has 1 saturated heterocycles. The minimum absolute atomic E-state index is 0.00255. The lowest BCUT2D eigenvalue weighted by Gasteiger charge is -2.08. The highest BCUT2D eigenvalue weighted by Crippen LogP contribution is 2.10. The number of rotatable bonds is 0. The Morgan fingerprint density at radius 2 is 1.17 bits per heavy atom. The van der Waals surface area contributed by atoms with Crippen LogP contribution in [0.1, 0.15) is 64.2 Å². The number of carbonyl (C=O) groups is 2. The fraction of sp³-hybridized carbons (Fsp3) is 0.857. The number of carbonyl (C=O) groups excluding carboxylic acids is 2. The lowest BCUT2D eigenvalue weighted by atomic mass is 10.1. The maximum atomic E-state index is 11.4. The Balaban J connectivity index is 2.23. The SMILES string of the molecule is O=C1CCCCCCCCCCCNC(=O)CN1. The second kappa shape index (κ2) is 9.92. The topological polar surface area (TPSA) is 58.2 Å². The summed E-state index contributed by atoms with van der Waals surface area (Å²) in [7, 11) is 0. The predicted octanol–water partition coefficient (Wildman–Crippen LogP) is 2.13. The van der Waals surface area contributed by atoms with Gasteiger partial charge in [-0.15, -0.1) is 0 Å². The molecule has 4 nitrogen and oxygen atoms in total. The Morgan fingerprint density at radius 1 is 0.611 bits per heavy atom. The van der Waals surface area contributed by atoms with E-state index in [9.17, 15) is 9.59 Å². The molecule has 0 saturated carbocycles. The molecule has 0 spiro atoms. The van der Waals surface area contributed by atoms with Crippen molar-refractivity contribution in [3.63, 3.8) is 0 Å². The third kappa shape index (κ3) is 8.09. The van der Waals surface area contributed by atoms with E-state index in [0.717, 1.165) is 25.8 Å². The molecule has 1 heterocycles. The quantitative estimate of drug-likeness (QED) is 0.696. The van der Waals surface area contributed by atoms with E-state index in [-0.39, 0.29) is 18.4 Å². The average molecular weight is 254 g/mol. The van der Waals surface area contributed by atoms with Crippen LogP contribution in [-0.2, 0) is 9.59 Å². The predicted molar refractivity (Wildman–Crippen MR) is 72.2 cm³/mol. The van der Waals surface area contributed by atoms with E-state index in [1.54, 1.807) is 0 Å². The third-order valence-corrected chi connectivity index (χ3v) is 3.35. The maximum Gasteiger partial charge on any atom is 0.239 e. The van der Waals surface area contributed by atoms with E-state index in [0.29, 0.717) is 6.42 Å². The van der Waals surface area contributed by atoms with Crippen molar-refractivity contribution in [2.24, 2.45) is 0 Å². The van der Waals surface area contributed by atoms with Gasteiger partial charge in [-0.05, 0) is 12.8 Å². The molecule has 1 rings (SSSR count). The first kappa shape index (κ1) is 15.0. The van der Waals surface area contributed by atoms with Crippen LogP contribution in [0.25, 0.3) is 0 Å². The molecule has 0 aromatic rings. The third-order valence-electron chi connectivity index (χ3n) is 3.35. The maximum absolute atomic E-state index is 11.4. The molecule has 4 heteroatoms. The van der Waals surface area contributed by atoms with Crippen LogP contribution in [0.3, 0.4) is 0 Å². The van der Waals surface area contributed by atoms with Gasteiger partial charge >= 0.3 is 0 Å². The highest BCUT2D eigenvalue weighted by atomic mass is 16.2. The van der Waals surface area contributed by atoms with Crippen molar-refractivity contribution >= 4 is 11.8 Å². The summed E-state index contributed by atoms with van der Waals surface area (Å²) in [6.45, 7) is 0.855. The lowest BCUT2D eigenvalue weighted by molar-refractivity contribution is -0.126. The van der Waals surface area contributed by atoms with E-state index in [4.69, 9.17) is 0 Å². The smallest absolute Gasteiger partial charge is 0.239 e. The molecule has 1 fully saturated rings. The number of nitrogens with one attached hydrogen (secondary N) is 2. The van der Waals surface area contributed by atoms with Crippen molar-refractivity contribution in [3.05, 3.63) is 0 Å². The highest BCUT2D eigenvalue weighted by molar-refractivity contribution is 5.84. The Hall–Kier alpha value is -1.06. The Morgan fingerprint density at radius 3 is 1.83 bits per heavy atom. The van der Waals surface area contributed by atoms with Crippen molar-refractivity contribution in [1.82, 2.24) is 10.6 Å². The first-order valence-electron chi connectivity index (χ1n) is 7.32. The highest BCUT2D eigenvalue weighted by Gasteiger charge is 2.05. The summed E-state index contributed by atoms with van der Waals surface area (Å²) in [6, 6.07) is 0. The number of hydrogen-bond donors (Lipinski definition) is 2. The van der Waals surface area contributed by atoms with Crippen molar-refractivity contribution in [2.45, 2.75) is 64.2 Å². The number of hydrogen-bond acceptors (Lipinski definition) is 2. The summed E-state index contributed by atoms with van der Waals surface area (Å²) in [5, 5.41) is 5.49. The Labute approximate surface area is 110 Å². The van der Waals surface area contributed by atoms with Gasteiger partial charge in [0, 0.05) is 13.0 Å². The van der Waals surface area contributed by atoms with Gasteiger partial charge < -0.3 is 10.6 Å². The zero-order valence-electron chi connectivity index (χ0n) is 11.3. The molecule has 0 radical (unpaired) electrons. The summed E-state index contributed by atoms with van der Waals surface area (Å²) < 4.78 is 0. The second-order valence-corrected chi connectivity index (χ2v) is 5.06. The monoisotopic (exact) mass is 254 g/mol. The summed E-state index contributed by atoms with van der Waals surface area (Å²) in [6.07, 6.45) is 11.2. The zero-order valence-corrected chi connectivity index (χ0v) is 11.3. The molecule has 0 aromatic heterocycles. The van der Waals surface area contributed by atoms with E-state index in [1.165, 1.54) is 38.5 Å². The Kier molecular flexibility index (Phi) is 8.26. The molecular weight excluding hydrogens is 228 g/mol. The van der Waals surface area contributed by atoms with Crippen molar-refractivity contribution in [2.75, 3.05) is 13.1 Å². The van der Waals surface area contributed by atoms with Crippen LogP contribution in [0.15, 0.2) is 0 Å². The van der Waals surface area contributed by atoms with Gasteiger partial charge in [-0.1, -0.05) is 44.9 Å². The van der Waals surface area contributed by atoms with Crippen LogP contribution < -0.4 is 10.6 Å². The van der Waals surface area contributed by atoms with Gasteiger partial charge in [0.1, 0.15) is 0 Å². The molecule has 104 valence electrons. The van der Waals surface area contributed by atoms with Crippen LogP contribution in [0, 0.1) is 0 Å². The number of amides is 2. The fourth-order valence-electron chi connectivity index (χ4n) is 2.21. The standard InChI is InChI=1S/C14H26N2O2/c17-13-10-8-6-4-2-1-3-5-7-9-11-15-14(18)12-16-13/h1-12H2,(H,15,18)(H,16,17). The first-order chi connectivity index (χ1) is 8.79. The van der Waals surface area contributed by atoms with Crippen LogP contribution >= 0.6 is 0 Å². The first-order valence-corrected chi connectivity index (χ1v) is 7.32. The van der Waals surface area contributed by atoms with E-state index < -0.39 is 0 Å². The summed E-state index contributed by atoms with van der Waals surface area (Å²) >= 11 is 0. The molecule has 0 unspecified atom stereocenters. The minimum Gasteiger partial charge on any atom is -0.355 e. The molecular formula is C14H26N2O2. The van der Waals surface area contributed by atoms with E-state index in [1.807, 2.05) is 0 Å². The van der Waals surface area contributed by atoms with Gasteiger partial charge in [0.15, 0.2) is 0 Å². The molecule has 0 atom stereocenters. The average Bonchev–Trinajstić information content (AvgIpc) is 2.36. The van der Waals surface area contributed by atoms with Crippen molar-refractivity contribution < 1.29 is 9.59 Å². The molecule has 2 amide bonds. The Bertz CT molecular complexity index is 228. The van der Waals surface area contributed by atoms with Crippen LogP contribution in [0.4, 0.5) is 0 Å². The molecule has 1 aliphatic heterocycles. The van der Waals surface area contributed by atoms with Gasteiger partial charge in [-0.3, -0.25) is 9.59 Å². The van der Waals surface area contributed by atoms with E-state index in [2.05, 4.69) is 10.6 Å². The minimum atomic E-state index is -0.0737. The van der Waals surface area contributed by atoms with E-state index >= 15 is 0 Å². The van der Waals surface area contributed by atoms with Gasteiger partial charge in [0.2, 0.25) is 11.8 Å². The largest absolute Gasteiger partial charge is 0.355 e. The molecule has 0 aliphatic carbocycles. The summed E-state index contributed by atoms with van der Waals surface area (Å²) in [5.74, 6) is -0.0762. The van der Waals surface area contributed by atoms with Gasteiger partial charge in [0.25, 0.3) is 0 Å². The second-order valence-electron chi connectivity index (χ2n) is 5.06. The van der Waals surface area contributed by atoms with Gasteiger partial charge in [-0.25, -0.2) is 0 Å². The lowest BCUT2D eigenvalue weighted by Crippen LogP contribution is -2.37. The molecule has 2 N–H and O–H groups in total. The van der Waals surface area contributed by atoms with Crippen LogP contribution in [0.5, 0.6) is 0 Å². The van der Waals surface area contributed by atoms with Crippen LogP contribution in [0.2, 0.25) is 0 Å². The molecule has 0 aromatic carbocycles. The summed E-state index contributed by atoms with van der Waals surface area (Å²) in [5.41, 5.74) is 0. The van der Waals surface area contributed by atoms with Gasteiger partial charge in [0.05, 0.1) is 6.54 Å². The fourth-order valence-corrected chi connectivity index (χ4v) is 2.21. The van der Waals surface area contributed by atoms with Crippen molar-refractivity contribution in [3.8, 4) is 0 Å². The molecule has 1 aliphatic rings. The molecule has 18 heavy (non-hydrogen) atoms. The van der Waals surface area contributed by atoms with Gasteiger partial charge in [-0.2, -0.15) is 0 Å². The normalized spacial score (nSPS) is 22.0. The summed E-state index contributed by atoms with van der Waals surface area (Å²) in [4.78, 5) is 22.8. The van der Waals surface area contributed by atoms with Crippen LogP contribution in [-0.4, -0.2) is 24.9 Å². The van der Waals surface area contributed by atoms with Crippen molar-refractivity contribution in [1.29, 1.82) is 0 Å². The molecule has 0 bridgehead atoms. The zero-order chi connectivity index (χ0) is 13.1.